The first-order chi connectivity index (χ1) is 17.5. The van der Waals surface area contributed by atoms with Gasteiger partial charge in [0.25, 0.3) is 0 Å². The number of halogens is 2. The number of esters is 1. The molecule has 38 heavy (non-hydrogen) atoms. The van der Waals surface area contributed by atoms with Crippen LogP contribution in [-0.4, -0.2) is 57.8 Å². The predicted molar refractivity (Wildman–Crippen MR) is 153 cm³/mol. The number of ketones is 1. The summed E-state index contributed by atoms with van der Waals surface area (Å²) >= 11 is 1.90. The van der Waals surface area contributed by atoms with E-state index >= 15 is 0 Å². The van der Waals surface area contributed by atoms with Crippen LogP contribution in [0.2, 0.25) is 0 Å². The smallest absolute Gasteiger partial charge is 0.308 e. The van der Waals surface area contributed by atoms with Gasteiger partial charge < -0.3 is 9.84 Å². The topological polar surface area (TPSA) is 127 Å². The van der Waals surface area contributed by atoms with Crippen molar-refractivity contribution in [1.29, 1.82) is 0 Å². The molecule has 2 rings (SSSR count). The number of aliphatic hydroxyl groups is 1. The second-order valence-electron chi connectivity index (χ2n) is 10.0. The third-order valence-electron chi connectivity index (χ3n) is 5.05. The van der Waals surface area contributed by atoms with Gasteiger partial charge in [0, 0.05) is 17.5 Å². The van der Waals surface area contributed by atoms with Gasteiger partial charge in [0.1, 0.15) is 11.4 Å². The zero-order chi connectivity index (χ0) is 28.8. The third-order valence-corrected chi connectivity index (χ3v) is 7.29. The summed E-state index contributed by atoms with van der Waals surface area (Å²) in [6.45, 7) is 8.84. The number of allylic oxidation sites excluding steroid dienone is 1. The molecule has 0 saturated carbocycles. The maximum absolute atomic E-state index is 13.6. The van der Waals surface area contributed by atoms with Crippen molar-refractivity contribution in [2.75, 3.05) is 15.1 Å². The van der Waals surface area contributed by atoms with Gasteiger partial charge in [-0.05, 0) is 63.1 Å². The van der Waals surface area contributed by atoms with E-state index in [1.165, 1.54) is 36.4 Å². The number of aromatic nitrogens is 2. The number of anilines is 1. The molecule has 1 aromatic carbocycles. The molecule has 1 atom stereocenters. The van der Waals surface area contributed by atoms with Gasteiger partial charge in [0.2, 0.25) is 16.0 Å². The van der Waals surface area contributed by atoms with E-state index in [2.05, 4.69) is 9.97 Å². The van der Waals surface area contributed by atoms with E-state index in [1.807, 2.05) is 36.4 Å². The fourth-order valence-electron chi connectivity index (χ4n) is 3.43. The number of rotatable bonds is 11. The van der Waals surface area contributed by atoms with E-state index in [9.17, 15) is 27.5 Å². The van der Waals surface area contributed by atoms with Crippen LogP contribution in [0.25, 0.3) is 17.3 Å². The Hall–Kier alpha value is -2.45. The Labute approximate surface area is 236 Å². The monoisotopic (exact) mass is 661 g/mol. The highest BCUT2D eigenvalue weighted by Gasteiger charge is 2.25. The molecule has 0 unspecified atom stereocenters. The highest BCUT2D eigenvalue weighted by molar-refractivity contribution is 14.1. The Morgan fingerprint density at radius 2 is 1.76 bits per heavy atom. The number of alkyl halides is 1. The minimum absolute atomic E-state index is 0.0406. The normalized spacial score (nSPS) is 13.1. The SMILES string of the molecule is CC(C)c1nc(N(CI)S(C)(=O)=O)nc(-c2ccc(F)cc2)c1C=CC(=O)C[C@@H](O)CC(=O)OC(C)(C)C. The highest BCUT2D eigenvalue weighted by atomic mass is 127. The first-order valence-electron chi connectivity index (χ1n) is 11.8. The van der Waals surface area contributed by atoms with Gasteiger partial charge in [-0.2, -0.15) is 0 Å². The molecule has 0 radical (unpaired) electrons. The van der Waals surface area contributed by atoms with Crippen molar-refractivity contribution in [3.63, 3.8) is 0 Å². The first kappa shape index (κ1) is 31.8. The summed E-state index contributed by atoms with van der Waals surface area (Å²) in [7, 11) is -3.69. The molecule has 0 bridgehead atoms. The summed E-state index contributed by atoms with van der Waals surface area (Å²) in [5, 5.41) is 10.2. The van der Waals surface area contributed by atoms with Gasteiger partial charge in [-0.1, -0.05) is 36.4 Å². The number of carbonyl (C=O) groups excluding carboxylic acids is 2. The first-order valence-corrected chi connectivity index (χ1v) is 15.2. The van der Waals surface area contributed by atoms with E-state index in [4.69, 9.17) is 4.74 Å². The second-order valence-corrected chi connectivity index (χ2v) is 12.6. The van der Waals surface area contributed by atoms with Crippen LogP contribution in [0.5, 0.6) is 0 Å². The Balaban J connectivity index is 2.50. The summed E-state index contributed by atoms with van der Waals surface area (Å²) in [5.74, 6) is -1.75. The quantitative estimate of drug-likeness (QED) is 0.122. The van der Waals surface area contributed by atoms with Crippen molar-refractivity contribution in [3.05, 3.63) is 47.4 Å². The molecule has 208 valence electrons. The molecular weight excluding hydrogens is 628 g/mol. The number of hydrogen-bond donors (Lipinski definition) is 1. The predicted octanol–water partition coefficient (Wildman–Crippen LogP) is 4.63. The molecular formula is C26H33FIN3O6S. The fourth-order valence-corrected chi connectivity index (χ4v) is 5.81. The standard InChI is InChI=1S/C26H33FIN3O6S/c1-16(2)23-21(12-11-19(32)13-20(33)14-22(34)37-26(3,4)5)24(17-7-9-18(27)10-8-17)30-25(29-23)31(15-28)38(6,35)36/h7-12,16,20,33H,13-15H2,1-6H3/t20-/m1/s1. The maximum Gasteiger partial charge on any atom is 0.308 e. The molecule has 1 heterocycles. The van der Waals surface area contributed by atoms with Crippen LogP contribution in [0.15, 0.2) is 30.3 Å². The van der Waals surface area contributed by atoms with E-state index in [0.29, 0.717) is 22.5 Å². The largest absolute Gasteiger partial charge is 0.460 e. The van der Waals surface area contributed by atoms with Crippen molar-refractivity contribution in [2.24, 2.45) is 0 Å². The number of benzene rings is 1. The molecule has 1 aromatic heterocycles. The summed E-state index contributed by atoms with van der Waals surface area (Å²) in [5.41, 5.74) is 1.03. The van der Waals surface area contributed by atoms with Crippen LogP contribution in [0.3, 0.4) is 0 Å². The summed E-state index contributed by atoms with van der Waals surface area (Å²) in [4.78, 5) is 33.6. The molecule has 1 N–H and O–H groups in total. The highest BCUT2D eigenvalue weighted by Crippen LogP contribution is 2.32. The van der Waals surface area contributed by atoms with Crippen molar-refractivity contribution in [2.45, 2.75) is 65.1 Å². The molecule has 0 aliphatic heterocycles. The van der Waals surface area contributed by atoms with Crippen LogP contribution in [0, 0.1) is 5.82 Å². The van der Waals surface area contributed by atoms with E-state index in [0.717, 1.165) is 10.6 Å². The molecule has 0 aliphatic carbocycles. The van der Waals surface area contributed by atoms with Gasteiger partial charge in [-0.3, -0.25) is 9.59 Å². The maximum atomic E-state index is 13.6. The average Bonchev–Trinajstić information content (AvgIpc) is 2.76. The van der Waals surface area contributed by atoms with Crippen molar-refractivity contribution >= 4 is 56.4 Å². The lowest BCUT2D eigenvalue weighted by Crippen LogP contribution is -2.30. The Morgan fingerprint density at radius 3 is 2.26 bits per heavy atom. The van der Waals surface area contributed by atoms with Crippen molar-refractivity contribution in [1.82, 2.24) is 9.97 Å². The molecule has 0 saturated heterocycles. The van der Waals surface area contributed by atoms with Gasteiger partial charge in [0.05, 0.1) is 34.7 Å². The van der Waals surface area contributed by atoms with E-state index in [1.54, 1.807) is 20.8 Å². The number of nitrogens with zero attached hydrogens (tertiary/aromatic N) is 3. The zero-order valence-corrected chi connectivity index (χ0v) is 25.2. The lowest BCUT2D eigenvalue weighted by Gasteiger charge is -2.22. The lowest BCUT2D eigenvalue weighted by atomic mass is 9.97. The Morgan fingerprint density at radius 1 is 1.16 bits per heavy atom. The minimum atomic E-state index is -3.69. The van der Waals surface area contributed by atoms with Crippen molar-refractivity contribution in [3.8, 4) is 11.3 Å². The lowest BCUT2D eigenvalue weighted by molar-refractivity contribution is -0.157. The summed E-state index contributed by atoms with van der Waals surface area (Å²) in [6, 6.07) is 5.52. The fraction of sp³-hybridized carbons (Fsp3) is 0.462. The Kier molecular flexibility index (Phi) is 10.9. The van der Waals surface area contributed by atoms with Crippen LogP contribution in [0.1, 0.15) is 64.6 Å². The van der Waals surface area contributed by atoms with Crippen LogP contribution >= 0.6 is 22.6 Å². The minimum Gasteiger partial charge on any atom is -0.460 e. The molecule has 0 spiro atoms. The number of sulfonamides is 1. The summed E-state index contributed by atoms with van der Waals surface area (Å²) in [6.07, 6.45) is 1.93. The van der Waals surface area contributed by atoms with Gasteiger partial charge in [-0.25, -0.2) is 27.1 Å². The van der Waals surface area contributed by atoms with Gasteiger partial charge in [-0.15, -0.1) is 0 Å². The molecule has 0 amide bonds. The molecule has 0 fully saturated rings. The number of hydrogen-bond acceptors (Lipinski definition) is 8. The van der Waals surface area contributed by atoms with Gasteiger partial charge in [0.15, 0.2) is 5.78 Å². The second kappa shape index (κ2) is 13.1. The molecule has 2 aromatic rings. The molecule has 9 nitrogen and oxygen atoms in total. The number of ether oxygens (including phenoxy) is 1. The molecule has 0 aliphatic rings. The third kappa shape index (κ3) is 9.38. The average molecular weight is 662 g/mol. The van der Waals surface area contributed by atoms with Gasteiger partial charge >= 0.3 is 5.97 Å². The number of aliphatic hydroxyl groups excluding tert-OH is 1. The van der Waals surface area contributed by atoms with E-state index in [-0.39, 0.29) is 29.3 Å². The zero-order valence-electron chi connectivity index (χ0n) is 22.2. The van der Waals surface area contributed by atoms with Crippen LogP contribution < -0.4 is 4.31 Å². The van der Waals surface area contributed by atoms with Crippen LogP contribution in [0.4, 0.5) is 10.3 Å². The van der Waals surface area contributed by atoms with E-state index < -0.39 is 39.3 Å². The molecule has 12 heteroatoms. The van der Waals surface area contributed by atoms with Crippen molar-refractivity contribution < 1.29 is 32.2 Å². The Bertz CT molecular complexity index is 1290. The summed E-state index contributed by atoms with van der Waals surface area (Å²) < 4.78 is 44.7. The number of carbonyl (C=O) groups is 2. The van der Waals surface area contributed by atoms with Crippen LogP contribution in [-0.2, 0) is 24.3 Å².